The molecule has 0 aromatic heterocycles. The number of rotatable bonds is 3. The molecule has 2 aromatic carbocycles. The molecule has 136 valence electrons. The third-order valence-corrected chi connectivity index (χ3v) is 5.36. The average Bonchev–Trinajstić information content (AvgIpc) is 3.07. The van der Waals surface area contributed by atoms with E-state index in [1.165, 1.54) is 5.56 Å². The van der Waals surface area contributed by atoms with Crippen molar-refractivity contribution in [2.24, 2.45) is 0 Å². The first-order chi connectivity index (χ1) is 12.8. The zero-order chi connectivity index (χ0) is 17.8. The largest absolute Gasteiger partial charge is 0.337 e. The minimum Gasteiger partial charge on any atom is -0.337 e. The lowest BCUT2D eigenvalue weighted by Gasteiger charge is -2.27. The number of benzene rings is 2. The Kier molecular flexibility index (Phi) is 5.29. The fraction of sp³-hybridized carbons (Fsp3) is 0.381. The summed E-state index contributed by atoms with van der Waals surface area (Å²) in [6.45, 7) is 3.52. The van der Waals surface area contributed by atoms with E-state index in [1.54, 1.807) is 0 Å². The van der Waals surface area contributed by atoms with E-state index in [4.69, 9.17) is 0 Å². The van der Waals surface area contributed by atoms with Gasteiger partial charge in [0.1, 0.15) is 0 Å². The van der Waals surface area contributed by atoms with E-state index in [-0.39, 0.29) is 5.91 Å². The number of carbonyl (C=O) groups is 1. The second kappa shape index (κ2) is 7.99. The van der Waals surface area contributed by atoms with E-state index in [0.29, 0.717) is 12.2 Å². The van der Waals surface area contributed by atoms with Crippen LogP contribution >= 0.6 is 0 Å². The van der Waals surface area contributed by atoms with E-state index in [2.05, 4.69) is 46.1 Å². The Hall–Kier alpha value is -2.21. The molecule has 26 heavy (non-hydrogen) atoms. The smallest absolute Gasteiger partial charge is 0.253 e. The summed E-state index contributed by atoms with van der Waals surface area (Å²) in [5.74, 6) is 0.145. The van der Waals surface area contributed by atoms with Gasteiger partial charge in [0.25, 0.3) is 5.91 Å². The third kappa shape index (κ3) is 3.80. The summed E-state index contributed by atoms with van der Waals surface area (Å²) in [4.78, 5) is 17.2. The molecule has 2 aliphatic heterocycles. The molecule has 5 nitrogen and oxygen atoms in total. The molecule has 0 radical (unpaired) electrons. The van der Waals surface area contributed by atoms with Gasteiger partial charge in [-0.15, -0.1) is 0 Å². The lowest BCUT2D eigenvalue weighted by molar-refractivity contribution is 0.0756. The van der Waals surface area contributed by atoms with Crippen LogP contribution in [-0.4, -0.2) is 48.1 Å². The SMILES string of the molecule is O=C(c1ccccc1)N1CCCN(C2CC(c3ccccc3)NN2)CC1. The molecule has 2 unspecified atom stereocenters. The summed E-state index contributed by atoms with van der Waals surface area (Å²) < 4.78 is 0. The number of hydrazine groups is 1. The summed E-state index contributed by atoms with van der Waals surface area (Å²) in [6.07, 6.45) is 2.36. The van der Waals surface area contributed by atoms with Gasteiger partial charge in [-0.2, -0.15) is 0 Å². The van der Waals surface area contributed by atoms with Crippen molar-refractivity contribution in [1.29, 1.82) is 0 Å². The van der Waals surface area contributed by atoms with Crippen molar-refractivity contribution in [2.45, 2.75) is 25.0 Å². The first kappa shape index (κ1) is 17.2. The van der Waals surface area contributed by atoms with Crippen molar-refractivity contribution in [3.63, 3.8) is 0 Å². The summed E-state index contributed by atoms with van der Waals surface area (Å²) >= 11 is 0. The Labute approximate surface area is 155 Å². The summed E-state index contributed by atoms with van der Waals surface area (Å²) in [5.41, 5.74) is 8.98. The summed E-state index contributed by atoms with van der Waals surface area (Å²) in [6, 6.07) is 20.5. The van der Waals surface area contributed by atoms with Crippen molar-refractivity contribution in [3.8, 4) is 0 Å². The second-order valence-electron chi connectivity index (χ2n) is 7.05. The highest BCUT2D eigenvalue weighted by atomic mass is 16.2. The van der Waals surface area contributed by atoms with Crippen LogP contribution < -0.4 is 10.9 Å². The molecule has 0 spiro atoms. The Morgan fingerprint density at radius 3 is 2.35 bits per heavy atom. The van der Waals surface area contributed by atoms with E-state index in [1.807, 2.05) is 35.2 Å². The van der Waals surface area contributed by atoms with Gasteiger partial charge in [-0.25, -0.2) is 10.9 Å². The van der Waals surface area contributed by atoms with E-state index < -0.39 is 0 Å². The molecule has 2 aromatic rings. The first-order valence-electron chi connectivity index (χ1n) is 9.45. The maximum absolute atomic E-state index is 12.7. The number of hydrogen-bond acceptors (Lipinski definition) is 4. The van der Waals surface area contributed by atoms with Crippen LogP contribution in [0.15, 0.2) is 60.7 Å². The minimum absolute atomic E-state index is 0.145. The average molecular weight is 350 g/mol. The quantitative estimate of drug-likeness (QED) is 0.892. The topological polar surface area (TPSA) is 47.6 Å². The van der Waals surface area contributed by atoms with Gasteiger partial charge >= 0.3 is 0 Å². The molecule has 2 heterocycles. The molecule has 5 heteroatoms. The molecule has 2 aliphatic rings. The number of nitrogens with zero attached hydrogens (tertiary/aromatic N) is 2. The third-order valence-electron chi connectivity index (χ3n) is 5.36. The van der Waals surface area contributed by atoms with Crippen molar-refractivity contribution in [2.75, 3.05) is 26.2 Å². The Bertz CT molecular complexity index is 721. The molecule has 2 atom stereocenters. The van der Waals surface area contributed by atoms with Gasteiger partial charge in [0, 0.05) is 37.8 Å². The Morgan fingerprint density at radius 2 is 1.58 bits per heavy atom. The molecule has 2 fully saturated rings. The monoisotopic (exact) mass is 350 g/mol. The highest BCUT2D eigenvalue weighted by molar-refractivity contribution is 5.94. The molecule has 0 bridgehead atoms. The predicted molar refractivity (Wildman–Crippen MR) is 102 cm³/mol. The zero-order valence-corrected chi connectivity index (χ0v) is 15.0. The molecule has 2 N–H and O–H groups in total. The molecule has 0 aliphatic carbocycles. The molecule has 1 amide bonds. The van der Waals surface area contributed by atoms with Gasteiger partial charge in [0.2, 0.25) is 0 Å². The van der Waals surface area contributed by atoms with Gasteiger partial charge in [0.15, 0.2) is 0 Å². The molecule has 2 saturated heterocycles. The number of amides is 1. The Morgan fingerprint density at radius 1 is 0.846 bits per heavy atom. The van der Waals surface area contributed by atoms with Gasteiger partial charge in [-0.05, 0) is 30.5 Å². The predicted octanol–water partition coefficient (Wildman–Crippen LogP) is 2.40. The molecule has 0 saturated carbocycles. The lowest BCUT2D eigenvalue weighted by atomic mass is 10.0. The highest BCUT2D eigenvalue weighted by Crippen LogP contribution is 2.24. The summed E-state index contributed by atoms with van der Waals surface area (Å²) in [7, 11) is 0. The van der Waals surface area contributed by atoms with Crippen LogP contribution in [0, 0.1) is 0 Å². The molecule has 4 rings (SSSR count). The fourth-order valence-corrected chi connectivity index (χ4v) is 3.90. The normalized spacial score (nSPS) is 24.4. The van der Waals surface area contributed by atoms with Gasteiger partial charge in [-0.3, -0.25) is 9.69 Å². The van der Waals surface area contributed by atoms with Crippen LogP contribution in [0.4, 0.5) is 0 Å². The number of carbonyl (C=O) groups excluding carboxylic acids is 1. The highest BCUT2D eigenvalue weighted by Gasteiger charge is 2.31. The fourth-order valence-electron chi connectivity index (χ4n) is 3.90. The van der Waals surface area contributed by atoms with Crippen molar-refractivity contribution in [1.82, 2.24) is 20.7 Å². The molecular weight excluding hydrogens is 324 g/mol. The van der Waals surface area contributed by atoms with Crippen LogP contribution in [0.25, 0.3) is 0 Å². The van der Waals surface area contributed by atoms with Gasteiger partial charge in [0.05, 0.1) is 6.17 Å². The zero-order valence-electron chi connectivity index (χ0n) is 15.0. The number of nitrogens with one attached hydrogen (secondary N) is 2. The summed E-state index contributed by atoms with van der Waals surface area (Å²) in [5, 5.41) is 0. The van der Waals surface area contributed by atoms with Crippen molar-refractivity contribution < 1.29 is 4.79 Å². The van der Waals surface area contributed by atoms with Crippen LogP contribution in [0.3, 0.4) is 0 Å². The van der Waals surface area contributed by atoms with Crippen LogP contribution in [0.1, 0.15) is 34.8 Å². The maximum Gasteiger partial charge on any atom is 0.253 e. The van der Waals surface area contributed by atoms with Crippen LogP contribution in [-0.2, 0) is 0 Å². The maximum atomic E-state index is 12.7. The minimum atomic E-state index is 0.145. The van der Waals surface area contributed by atoms with Crippen molar-refractivity contribution >= 4 is 5.91 Å². The first-order valence-corrected chi connectivity index (χ1v) is 9.45. The second-order valence-corrected chi connectivity index (χ2v) is 7.05. The van der Waals surface area contributed by atoms with E-state index in [9.17, 15) is 4.79 Å². The van der Waals surface area contributed by atoms with Crippen LogP contribution in [0.2, 0.25) is 0 Å². The molecular formula is C21H26N4O. The standard InChI is InChI=1S/C21H26N4O/c26-21(18-10-5-2-6-11-18)25-13-7-12-24(14-15-25)20-16-19(22-23-20)17-8-3-1-4-9-17/h1-6,8-11,19-20,22-23H,7,12-16H2. The Balaban J connectivity index is 1.35. The van der Waals surface area contributed by atoms with E-state index >= 15 is 0 Å². The number of hydrogen-bond donors (Lipinski definition) is 2. The van der Waals surface area contributed by atoms with Gasteiger partial charge in [-0.1, -0.05) is 48.5 Å². The lowest BCUT2D eigenvalue weighted by Crippen LogP contribution is -2.46. The van der Waals surface area contributed by atoms with Gasteiger partial charge < -0.3 is 4.90 Å². The van der Waals surface area contributed by atoms with Crippen molar-refractivity contribution in [3.05, 3.63) is 71.8 Å². The van der Waals surface area contributed by atoms with E-state index in [0.717, 1.165) is 44.6 Å². The van der Waals surface area contributed by atoms with Crippen LogP contribution in [0.5, 0.6) is 0 Å².